The van der Waals surface area contributed by atoms with E-state index in [9.17, 15) is 18.0 Å². The minimum atomic E-state index is -4.28. The second-order valence-corrected chi connectivity index (χ2v) is 10.0. The highest BCUT2D eigenvalue weighted by Crippen LogP contribution is 2.43. The third-order valence-electron chi connectivity index (χ3n) is 7.04. The van der Waals surface area contributed by atoms with Crippen LogP contribution in [0.25, 0.3) is 11.3 Å². The number of hydrogen-bond donors (Lipinski definition) is 3. The molecule has 1 aromatic carbocycles. The number of ether oxygens (including phenoxy) is 2. The van der Waals surface area contributed by atoms with Crippen molar-refractivity contribution in [2.45, 2.75) is 31.5 Å². The largest absolute Gasteiger partial charge is 0.493 e. The lowest BCUT2D eigenvalue weighted by Crippen LogP contribution is -2.63. The summed E-state index contributed by atoms with van der Waals surface area (Å²) in [5.74, 6) is 0.561. The SMILES string of the molecule is COc1c(Cl)cccc1Nc1c(-c2ccncc2OCC2(C)CCN2CC(F)(F)F)[nH]c2c1C(=O)NCC2. The first kappa shape index (κ1) is 26.2. The number of anilines is 2. The average molecular weight is 550 g/mol. The van der Waals surface area contributed by atoms with Crippen LogP contribution < -0.4 is 20.1 Å². The Labute approximate surface area is 222 Å². The molecule has 0 spiro atoms. The lowest BCUT2D eigenvalue weighted by molar-refractivity contribution is -0.179. The van der Waals surface area contributed by atoms with Crippen molar-refractivity contribution in [3.8, 4) is 22.8 Å². The molecule has 12 heteroatoms. The van der Waals surface area contributed by atoms with E-state index in [2.05, 4.69) is 20.6 Å². The van der Waals surface area contributed by atoms with Gasteiger partial charge >= 0.3 is 6.18 Å². The molecule has 8 nitrogen and oxygen atoms in total. The number of alkyl halides is 3. The van der Waals surface area contributed by atoms with Gasteiger partial charge in [-0.05, 0) is 31.5 Å². The highest BCUT2D eigenvalue weighted by atomic mass is 35.5. The summed E-state index contributed by atoms with van der Waals surface area (Å²) in [5, 5.41) is 6.59. The van der Waals surface area contributed by atoms with Crippen molar-refractivity contribution in [3.63, 3.8) is 0 Å². The average Bonchev–Trinajstić information content (AvgIpc) is 3.24. The molecule has 0 bridgehead atoms. The van der Waals surface area contributed by atoms with Crippen molar-refractivity contribution in [2.24, 2.45) is 0 Å². The van der Waals surface area contributed by atoms with Crippen LogP contribution in [0.5, 0.6) is 11.5 Å². The fourth-order valence-corrected chi connectivity index (χ4v) is 5.14. The lowest BCUT2D eigenvalue weighted by Gasteiger charge is -2.50. The van der Waals surface area contributed by atoms with Gasteiger partial charge in [-0.1, -0.05) is 17.7 Å². The van der Waals surface area contributed by atoms with Crippen LogP contribution in [0.2, 0.25) is 5.02 Å². The van der Waals surface area contributed by atoms with Crippen LogP contribution >= 0.6 is 11.6 Å². The van der Waals surface area contributed by atoms with Crippen molar-refractivity contribution >= 4 is 28.9 Å². The molecule has 2 aromatic heterocycles. The maximum Gasteiger partial charge on any atom is 0.401 e. The number of carbonyl (C=O) groups is 1. The lowest BCUT2D eigenvalue weighted by atomic mass is 9.87. The van der Waals surface area contributed by atoms with Gasteiger partial charge in [-0.2, -0.15) is 13.2 Å². The van der Waals surface area contributed by atoms with Crippen molar-refractivity contribution in [1.82, 2.24) is 20.2 Å². The first-order valence-electron chi connectivity index (χ1n) is 12.1. The van der Waals surface area contributed by atoms with E-state index in [1.165, 1.54) is 18.2 Å². The Morgan fingerprint density at radius 3 is 2.82 bits per heavy atom. The van der Waals surface area contributed by atoms with E-state index in [0.29, 0.717) is 70.6 Å². The standard InChI is InChI=1S/C26H27ClF3N5O3/c1-25(8-11-35(25)13-26(28,29)30)14-38-19-12-31-9-6-15(19)21-22(20-17(33-21)7-10-32-24(20)36)34-18-5-3-4-16(27)23(18)37-2/h3-6,9,12,33-34H,7-8,10-11,13-14H2,1-2H3,(H,32,36). The molecule has 5 rings (SSSR count). The number of likely N-dealkylation sites (tertiary alicyclic amines) is 1. The van der Waals surface area contributed by atoms with E-state index < -0.39 is 18.3 Å². The predicted molar refractivity (Wildman–Crippen MR) is 137 cm³/mol. The molecule has 1 saturated heterocycles. The van der Waals surface area contributed by atoms with Crippen LogP contribution in [0, 0.1) is 0 Å². The molecule has 1 unspecified atom stereocenters. The van der Waals surface area contributed by atoms with Crippen LogP contribution in [0.3, 0.4) is 0 Å². The zero-order chi connectivity index (χ0) is 27.1. The van der Waals surface area contributed by atoms with Gasteiger partial charge in [0.15, 0.2) is 5.75 Å². The third-order valence-corrected chi connectivity index (χ3v) is 7.34. The number of nitrogens with zero attached hydrogens (tertiary/aromatic N) is 2. The quantitative estimate of drug-likeness (QED) is 0.359. The molecular formula is C26H27ClF3N5O3. The molecule has 3 aromatic rings. The highest BCUT2D eigenvalue weighted by Gasteiger charge is 2.46. The first-order valence-corrected chi connectivity index (χ1v) is 12.5. The Morgan fingerprint density at radius 2 is 2.11 bits per heavy atom. The van der Waals surface area contributed by atoms with E-state index in [1.54, 1.807) is 37.4 Å². The zero-order valence-corrected chi connectivity index (χ0v) is 21.6. The third kappa shape index (κ3) is 5.00. The first-order chi connectivity index (χ1) is 18.1. The second-order valence-electron chi connectivity index (χ2n) is 9.62. The molecule has 202 valence electrons. The Morgan fingerprint density at radius 1 is 1.29 bits per heavy atom. The number of fused-ring (bicyclic) bond motifs is 1. The van der Waals surface area contributed by atoms with E-state index in [0.717, 1.165) is 5.69 Å². The molecule has 0 aliphatic carbocycles. The van der Waals surface area contributed by atoms with Crippen LogP contribution in [0.4, 0.5) is 24.5 Å². The number of benzene rings is 1. The zero-order valence-electron chi connectivity index (χ0n) is 20.8. The van der Waals surface area contributed by atoms with Gasteiger partial charge in [0.05, 0.1) is 53.0 Å². The fraction of sp³-hybridized carbons (Fsp3) is 0.385. The van der Waals surface area contributed by atoms with Gasteiger partial charge in [0, 0.05) is 37.0 Å². The number of H-pyrrole nitrogens is 1. The topological polar surface area (TPSA) is 91.5 Å². The van der Waals surface area contributed by atoms with Gasteiger partial charge in [-0.3, -0.25) is 14.7 Å². The van der Waals surface area contributed by atoms with Gasteiger partial charge in [-0.15, -0.1) is 0 Å². The number of methoxy groups -OCH3 is 1. The molecule has 0 saturated carbocycles. The van der Waals surface area contributed by atoms with Crippen LogP contribution in [0.1, 0.15) is 29.4 Å². The number of pyridine rings is 1. The monoisotopic (exact) mass is 549 g/mol. The summed E-state index contributed by atoms with van der Waals surface area (Å²) >= 11 is 6.32. The molecular weight excluding hydrogens is 523 g/mol. The summed E-state index contributed by atoms with van der Waals surface area (Å²) < 4.78 is 50.6. The second kappa shape index (κ2) is 10.0. The van der Waals surface area contributed by atoms with Gasteiger partial charge in [0.2, 0.25) is 0 Å². The number of aromatic amines is 1. The number of amides is 1. The number of para-hydroxylation sites is 1. The molecule has 2 aliphatic heterocycles. The number of halogens is 4. The van der Waals surface area contributed by atoms with Crippen molar-refractivity contribution in [2.75, 3.05) is 38.7 Å². The van der Waals surface area contributed by atoms with Crippen molar-refractivity contribution in [1.29, 1.82) is 0 Å². The van der Waals surface area contributed by atoms with E-state index in [1.807, 2.05) is 0 Å². The van der Waals surface area contributed by atoms with Gasteiger partial charge in [0.25, 0.3) is 5.91 Å². The Bertz CT molecular complexity index is 1360. The molecule has 3 N–H and O–H groups in total. The smallest absolute Gasteiger partial charge is 0.401 e. The van der Waals surface area contributed by atoms with E-state index >= 15 is 0 Å². The molecule has 1 atom stereocenters. The summed E-state index contributed by atoms with van der Waals surface area (Å²) in [7, 11) is 1.50. The Hall–Kier alpha value is -3.44. The molecule has 1 amide bonds. The minimum absolute atomic E-state index is 0.0492. The maximum atomic E-state index is 13.0. The van der Waals surface area contributed by atoms with E-state index in [-0.39, 0.29) is 12.5 Å². The van der Waals surface area contributed by atoms with Gasteiger partial charge in [0.1, 0.15) is 12.4 Å². The number of nitrogens with one attached hydrogen (secondary N) is 3. The van der Waals surface area contributed by atoms with Crippen LogP contribution in [0.15, 0.2) is 36.7 Å². The molecule has 38 heavy (non-hydrogen) atoms. The van der Waals surface area contributed by atoms with Crippen molar-refractivity contribution < 1.29 is 27.4 Å². The van der Waals surface area contributed by atoms with Crippen LogP contribution in [-0.4, -0.2) is 65.8 Å². The maximum absolute atomic E-state index is 13.0. The van der Waals surface area contributed by atoms with Crippen LogP contribution in [-0.2, 0) is 6.42 Å². The summed E-state index contributed by atoms with van der Waals surface area (Å²) in [5.41, 5.74) is 2.70. The van der Waals surface area contributed by atoms with Gasteiger partial charge in [-0.25, -0.2) is 0 Å². The highest BCUT2D eigenvalue weighted by molar-refractivity contribution is 6.32. The Kier molecular flexibility index (Phi) is 6.91. The number of hydrogen-bond acceptors (Lipinski definition) is 6. The van der Waals surface area contributed by atoms with E-state index in [4.69, 9.17) is 21.1 Å². The van der Waals surface area contributed by atoms with Crippen molar-refractivity contribution in [3.05, 3.63) is 52.9 Å². The summed E-state index contributed by atoms with van der Waals surface area (Å²) in [4.78, 5) is 21.8. The predicted octanol–water partition coefficient (Wildman–Crippen LogP) is 5.17. The molecule has 2 aliphatic rings. The number of carbonyl (C=O) groups excluding carboxylic acids is 1. The number of aromatic nitrogens is 2. The summed E-state index contributed by atoms with van der Waals surface area (Å²) in [6, 6.07) is 6.98. The molecule has 0 radical (unpaired) electrons. The fourth-order valence-electron chi connectivity index (χ4n) is 4.89. The molecule has 1 fully saturated rings. The normalized spacial score (nSPS) is 19.4. The summed E-state index contributed by atoms with van der Waals surface area (Å²) in [6.07, 6.45) is 0.000155. The van der Waals surface area contributed by atoms with Gasteiger partial charge < -0.3 is 25.1 Å². The minimum Gasteiger partial charge on any atom is -0.493 e. The summed E-state index contributed by atoms with van der Waals surface area (Å²) in [6.45, 7) is 1.66. The molecule has 4 heterocycles. The Balaban J connectivity index is 1.51. The number of rotatable bonds is 8.